The maximum absolute atomic E-state index is 9.52. The molecule has 1 saturated heterocycles. The van der Waals surface area contributed by atoms with Gasteiger partial charge in [0.2, 0.25) is 0 Å². The Hall–Kier alpha value is -0.160. The summed E-state index contributed by atoms with van der Waals surface area (Å²) >= 11 is 0. The van der Waals surface area contributed by atoms with Crippen molar-refractivity contribution < 1.29 is 9.84 Å². The number of β-amino-alcohol motifs (C(OH)–C–C–N with tert-alkyl or cyclic N) is 1. The van der Waals surface area contributed by atoms with Crippen LogP contribution in [0.15, 0.2) is 0 Å². The van der Waals surface area contributed by atoms with Crippen molar-refractivity contribution in [2.24, 2.45) is 0 Å². The highest BCUT2D eigenvalue weighted by atomic mass is 16.5. The second-order valence-corrected chi connectivity index (χ2v) is 12.1. The van der Waals surface area contributed by atoms with E-state index < -0.39 is 0 Å². The Kier molecular flexibility index (Phi) is 26.8. The van der Waals surface area contributed by atoms with Crippen LogP contribution in [-0.2, 0) is 4.74 Å². The lowest BCUT2D eigenvalue weighted by atomic mass is 10.0. The summed E-state index contributed by atoms with van der Waals surface area (Å²) in [6.45, 7) is 10.7. The average Bonchev–Trinajstić information content (AvgIpc) is 3.30. The van der Waals surface area contributed by atoms with Crippen LogP contribution < -0.4 is 0 Å². The molecule has 1 aliphatic rings. The molecule has 38 heavy (non-hydrogen) atoms. The van der Waals surface area contributed by atoms with E-state index in [9.17, 15) is 5.11 Å². The number of unbranched alkanes of at least 4 members (excludes halogenated alkanes) is 21. The zero-order valence-corrected chi connectivity index (χ0v) is 26.2. The molecule has 1 rings (SSSR count). The van der Waals surface area contributed by atoms with Gasteiger partial charge >= 0.3 is 0 Å². The highest BCUT2D eigenvalue weighted by molar-refractivity contribution is 4.81. The molecule has 4 heteroatoms. The Morgan fingerprint density at radius 1 is 0.500 bits per heavy atom. The molecule has 4 nitrogen and oxygen atoms in total. The van der Waals surface area contributed by atoms with E-state index in [4.69, 9.17) is 4.74 Å². The van der Waals surface area contributed by atoms with Gasteiger partial charge in [0.15, 0.2) is 0 Å². The number of aliphatic hydroxyl groups excluding tert-OH is 1. The number of ether oxygens (including phenoxy) is 1. The first kappa shape index (κ1) is 35.9. The molecule has 1 aliphatic heterocycles. The van der Waals surface area contributed by atoms with Gasteiger partial charge in [-0.2, -0.15) is 0 Å². The SMILES string of the molecule is CCCCCCCCCCCCCCOCCN1CCN(CCO)C1CCCCCCCCCCCCC. The first-order valence-corrected chi connectivity index (χ1v) is 17.5. The van der Waals surface area contributed by atoms with Gasteiger partial charge in [0, 0.05) is 32.8 Å². The van der Waals surface area contributed by atoms with Crippen molar-refractivity contribution in [2.45, 2.75) is 174 Å². The molecule has 0 saturated carbocycles. The summed E-state index contributed by atoms with van der Waals surface area (Å²) in [7, 11) is 0. The Labute approximate surface area is 239 Å². The first-order valence-electron chi connectivity index (χ1n) is 17.5. The first-order chi connectivity index (χ1) is 18.8. The summed E-state index contributed by atoms with van der Waals surface area (Å²) in [5.41, 5.74) is 0. The number of hydrogen-bond donors (Lipinski definition) is 1. The highest BCUT2D eigenvalue weighted by Crippen LogP contribution is 2.21. The third kappa shape index (κ3) is 20.7. The van der Waals surface area contributed by atoms with Gasteiger partial charge in [-0.1, -0.05) is 155 Å². The smallest absolute Gasteiger partial charge is 0.0624 e. The van der Waals surface area contributed by atoms with Crippen LogP contribution in [-0.4, -0.2) is 67.1 Å². The largest absolute Gasteiger partial charge is 0.395 e. The monoisotopic (exact) mass is 539 g/mol. The van der Waals surface area contributed by atoms with Crippen molar-refractivity contribution in [2.75, 3.05) is 46.0 Å². The van der Waals surface area contributed by atoms with Gasteiger partial charge < -0.3 is 9.84 Å². The minimum Gasteiger partial charge on any atom is -0.395 e. The summed E-state index contributed by atoms with van der Waals surface area (Å²) < 4.78 is 6.03. The predicted octanol–water partition coefficient (Wildman–Crippen LogP) is 9.34. The summed E-state index contributed by atoms with van der Waals surface area (Å²) in [6.07, 6.45) is 33.9. The van der Waals surface area contributed by atoms with Gasteiger partial charge in [-0.3, -0.25) is 9.80 Å². The van der Waals surface area contributed by atoms with Crippen LogP contribution in [0, 0.1) is 0 Å². The maximum atomic E-state index is 9.52. The van der Waals surface area contributed by atoms with E-state index in [0.29, 0.717) is 6.17 Å². The number of rotatable bonds is 30. The van der Waals surface area contributed by atoms with E-state index in [1.165, 1.54) is 154 Å². The van der Waals surface area contributed by atoms with Gasteiger partial charge in [0.1, 0.15) is 0 Å². The Balaban J connectivity index is 1.99. The molecule has 0 aromatic heterocycles. The molecule has 0 aromatic carbocycles. The zero-order chi connectivity index (χ0) is 27.4. The summed E-state index contributed by atoms with van der Waals surface area (Å²) in [6, 6.07) is 0. The number of nitrogens with zero attached hydrogens (tertiary/aromatic N) is 2. The van der Waals surface area contributed by atoms with Crippen molar-refractivity contribution in [3.63, 3.8) is 0 Å². The Morgan fingerprint density at radius 2 is 0.895 bits per heavy atom. The van der Waals surface area contributed by atoms with Crippen LogP contribution in [0.1, 0.15) is 168 Å². The van der Waals surface area contributed by atoms with E-state index >= 15 is 0 Å². The molecule has 1 heterocycles. The van der Waals surface area contributed by atoms with E-state index in [-0.39, 0.29) is 6.61 Å². The summed E-state index contributed by atoms with van der Waals surface area (Å²) in [5, 5.41) is 9.52. The third-order valence-corrected chi connectivity index (χ3v) is 8.64. The quantitative estimate of drug-likeness (QED) is 0.0924. The van der Waals surface area contributed by atoms with Crippen molar-refractivity contribution in [1.29, 1.82) is 0 Å². The molecule has 0 spiro atoms. The van der Waals surface area contributed by atoms with E-state index in [1.807, 2.05) is 0 Å². The lowest BCUT2D eigenvalue weighted by Crippen LogP contribution is -2.41. The van der Waals surface area contributed by atoms with Crippen LogP contribution in [0.4, 0.5) is 0 Å². The van der Waals surface area contributed by atoms with Crippen LogP contribution in [0.2, 0.25) is 0 Å². The summed E-state index contributed by atoms with van der Waals surface area (Å²) in [5.74, 6) is 0. The molecule has 228 valence electrons. The Morgan fingerprint density at radius 3 is 1.34 bits per heavy atom. The number of aliphatic hydroxyl groups is 1. The minimum absolute atomic E-state index is 0.276. The van der Waals surface area contributed by atoms with E-state index in [1.54, 1.807) is 0 Å². The lowest BCUT2D eigenvalue weighted by molar-refractivity contribution is 0.0634. The fourth-order valence-electron chi connectivity index (χ4n) is 6.12. The Bertz CT molecular complexity index is 462. The second kappa shape index (κ2) is 28.4. The molecule has 1 N–H and O–H groups in total. The lowest BCUT2D eigenvalue weighted by Gasteiger charge is -2.30. The molecule has 1 atom stereocenters. The van der Waals surface area contributed by atoms with Gasteiger partial charge in [-0.15, -0.1) is 0 Å². The number of hydrogen-bond acceptors (Lipinski definition) is 4. The van der Waals surface area contributed by atoms with Gasteiger partial charge in [-0.25, -0.2) is 0 Å². The second-order valence-electron chi connectivity index (χ2n) is 12.1. The van der Waals surface area contributed by atoms with Crippen molar-refractivity contribution >= 4 is 0 Å². The molecule has 1 fully saturated rings. The van der Waals surface area contributed by atoms with Crippen LogP contribution in [0.5, 0.6) is 0 Å². The van der Waals surface area contributed by atoms with Gasteiger partial charge in [-0.05, 0) is 12.8 Å². The zero-order valence-electron chi connectivity index (χ0n) is 26.2. The standard InChI is InChI=1S/C34H70N2O2/c1-3-5-7-9-11-13-15-17-19-21-23-25-32-38-33-30-36-28-27-35(29-31-37)34(36)26-24-22-20-18-16-14-12-10-8-6-4-2/h34,37H,3-33H2,1-2H3. The average molecular weight is 539 g/mol. The molecule has 0 aliphatic carbocycles. The van der Waals surface area contributed by atoms with Crippen molar-refractivity contribution in [3.8, 4) is 0 Å². The molecular formula is C34H70N2O2. The third-order valence-electron chi connectivity index (χ3n) is 8.64. The normalized spacial score (nSPS) is 16.7. The predicted molar refractivity (Wildman–Crippen MR) is 167 cm³/mol. The highest BCUT2D eigenvalue weighted by Gasteiger charge is 2.30. The topological polar surface area (TPSA) is 35.9 Å². The molecule has 0 aromatic rings. The molecule has 0 radical (unpaired) electrons. The molecule has 0 amide bonds. The van der Waals surface area contributed by atoms with Crippen LogP contribution in [0.3, 0.4) is 0 Å². The van der Waals surface area contributed by atoms with E-state index in [2.05, 4.69) is 23.6 Å². The van der Waals surface area contributed by atoms with Crippen LogP contribution >= 0.6 is 0 Å². The van der Waals surface area contributed by atoms with Gasteiger partial charge in [0.25, 0.3) is 0 Å². The maximum Gasteiger partial charge on any atom is 0.0624 e. The molecular weight excluding hydrogens is 468 g/mol. The molecule has 0 bridgehead atoms. The van der Waals surface area contributed by atoms with Crippen molar-refractivity contribution in [3.05, 3.63) is 0 Å². The van der Waals surface area contributed by atoms with Crippen molar-refractivity contribution in [1.82, 2.24) is 9.80 Å². The van der Waals surface area contributed by atoms with Gasteiger partial charge in [0.05, 0.1) is 19.4 Å². The fourth-order valence-corrected chi connectivity index (χ4v) is 6.12. The summed E-state index contributed by atoms with van der Waals surface area (Å²) in [4.78, 5) is 5.12. The molecule has 1 unspecified atom stereocenters. The minimum atomic E-state index is 0.276. The fraction of sp³-hybridized carbons (Fsp3) is 1.00. The van der Waals surface area contributed by atoms with Crippen LogP contribution in [0.25, 0.3) is 0 Å². The van der Waals surface area contributed by atoms with E-state index in [0.717, 1.165) is 39.4 Å².